The molecule has 0 spiro atoms. The number of carbonyl (C=O) groups is 1. The summed E-state index contributed by atoms with van der Waals surface area (Å²) in [5.41, 5.74) is 1.47. The van der Waals surface area contributed by atoms with Crippen LogP contribution in [0.5, 0.6) is 11.6 Å². The van der Waals surface area contributed by atoms with Gasteiger partial charge >= 0.3 is 5.97 Å². The molecule has 7 nitrogen and oxygen atoms in total. The molecule has 2 aromatic heterocycles. The van der Waals surface area contributed by atoms with Gasteiger partial charge in [-0.3, -0.25) is 4.98 Å². The fourth-order valence-corrected chi connectivity index (χ4v) is 1.73. The van der Waals surface area contributed by atoms with Gasteiger partial charge in [0.05, 0.1) is 0 Å². The number of carboxylic acid groups (broad SMARTS) is 1. The molecule has 0 aliphatic heterocycles. The normalized spacial score (nSPS) is 9.74. The van der Waals surface area contributed by atoms with Crippen LogP contribution in [0, 0.1) is 11.8 Å². The van der Waals surface area contributed by atoms with E-state index in [9.17, 15) is 4.79 Å². The average Bonchev–Trinajstić information content (AvgIpc) is 3.04. The Labute approximate surface area is 131 Å². The van der Waals surface area contributed by atoms with E-state index in [0.29, 0.717) is 5.75 Å². The summed E-state index contributed by atoms with van der Waals surface area (Å²) in [6, 6.07) is 10.5. The monoisotopic (exact) mass is 306 g/mol. The van der Waals surface area contributed by atoms with Gasteiger partial charge < -0.3 is 9.84 Å². The molecule has 3 rings (SSSR count). The first-order valence-corrected chi connectivity index (χ1v) is 6.56. The predicted octanol–water partition coefficient (Wildman–Crippen LogP) is 2.09. The van der Waals surface area contributed by atoms with E-state index in [2.05, 4.69) is 32.2 Å². The van der Waals surface area contributed by atoms with Crippen LogP contribution in [-0.2, 0) is 0 Å². The first kappa shape index (κ1) is 14.3. The smallest absolute Gasteiger partial charge is 0.359 e. The van der Waals surface area contributed by atoms with Crippen molar-refractivity contribution in [2.45, 2.75) is 0 Å². The van der Waals surface area contributed by atoms with E-state index in [1.54, 1.807) is 36.7 Å². The number of hydrogen-bond acceptors (Lipinski definition) is 5. The van der Waals surface area contributed by atoms with Gasteiger partial charge in [0.2, 0.25) is 5.69 Å². The lowest BCUT2D eigenvalue weighted by Gasteiger charge is -2.02. The van der Waals surface area contributed by atoms with Crippen LogP contribution < -0.4 is 4.74 Å². The van der Waals surface area contributed by atoms with Crippen LogP contribution in [0.3, 0.4) is 0 Å². The second-order valence-corrected chi connectivity index (χ2v) is 4.41. The van der Waals surface area contributed by atoms with E-state index in [1.165, 1.54) is 0 Å². The number of aromatic nitrogens is 4. The summed E-state index contributed by atoms with van der Waals surface area (Å²) in [6.45, 7) is 0. The summed E-state index contributed by atoms with van der Waals surface area (Å²) in [5.74, 6) is 5.19. The van der Waals surface area contributed by atoms with E-state index < -0.39 is 5.97 Å². The van der Waals surface area contributed by atoms with Crippen LogP contribution in [0.4, 0.5) is 0 Å². The molecule has 2 heterocycles. The molecule has 3 aromatic rings. The van der Waals surface area contributed by atoms with Crippen molar-refractivity contribution in [3.05, 3.63) is 65.6 Å². The van der Waals surface area contributed by atoms with Gasteiger partial charge in [0.25, 0.3) is 5.88 Å². The quantitative estimate of drug-likeness (QED) is 0.719. The van der Waals surface area contributed by atoms with Crippen molar-refractivity contribution in [3.8, 4) is 23.5 Å². The number of nitrogens with one attached hydrogen (secondary N) is 1. The molecule has 0 saturated heterocycles. The molecule has 0 unspecified atom stereocenters. The fourth-order valence-electron chi connectivity index (χ4n) is 1.73. The highest BCUT2D eigenvalue weighted by Gasteiger charge is 2.16. The first-order valence-electron chi connectivity index (χ1n) is 6.56. The van der Waals surface area contributed by atoms with Gasteiger partial charge in [0.1, 0.15) is 5.75 Å². The van der Waals surface area contributed by atoms with Gasteiger partial charge in [-0.1, -0.05) is 22.2 Å². The van der Waals surface area contributed by atoms with Gasteiger partial charge in [-0.15, -0.1) is 0 Å². The molecule has 0 fully saturated rings. The van der Waals surface area contributed by atoms with Crippen molar-refractivity contribution in [2.75, 3.05) is 0 Å². The highest BCUT2D eigenvalue weighted by molar-refractivity contribution is 5.87. The molecule has 0 bridgehead atoms. The Bertz CT molecular complexity index is 877. The van der Waals surface area contributed by atoms with Gasteiger partial charge in [-0.25, -0.2) is 9.89 Å². The van der Waals surface area contributed by atoms with Crippen LogP contribution in [0.15, 0.2) is 48.8 Å². The molecule has 112 valence electrons. The van der Waals surface area contributed by atoms with Crippen molar-refractivity contribution in [2.24, 2.45) is 0 Å². The first-order chi connectivity index (χ1) is 11.2. The van der Waals surface area contributed by atoms with E-state index in [0.717, 1.165) is 11.1 Å². The molecule has 1 aromatic carbocycles. The molecule has 7 heteroatoms. The Kier molecular flexibility index (Phi) is 3.98. The summed E-state index contributed by atoms with van der Waals surface area (Å²) < 4.78 is 5.39. The number of rotatable bonds is 3. The maximum absolute atomic E-state index is 10.9. The molecule has 23 heavy (non-hydrogen) atoms. The molecule has 0 aliphatic carbocycles. The number of benzene rings is 1. The molecule has 0 aliphatic rings. The Balaban J connectivity index is 1.74. The summed E-state index contributed by atoms with van der Waals surface area (Å²) in [4.78, 5) is 14.9. The topological polar surface area (TPSA) is 101 Å². The van der Waals surface area contributed by atoms with Gasteiger partial charge in [-0.2, -0.15) is 0 Å². The Morgan fingerprint density at radius 2 is 1.70 bits per heavy atom. The molecule has 0 amide bonds. The highest BCUT2D eigenvalue weighted by Crippen LogP contribution is 2.21. The van der Waals surface area contributed by atoms with Crippen molar-refractivity contribution >= 4 is 5.97 Å². The van der Waals surface area contributed by atoms with Crippen molar-refractivity contribution < 1.29 is 14.6 Å². The third-order valence-electron chi connectivity index (χ3n) is 2.83. The minimum absolute atomic E-state index is 0.0897. The van der Waals surface area contributed by atoms with Crippen LogP contribution in [-0.4, -0.2) is 31.5 Å². The van der Waals surface area contributed by atoms with Gasteiger partial charge in [-0.05, 0) is 36.4 Å². The average molecular weight is 306 g/mol. The third kappa shape index (κ3) is 3.51. The lowest BCUT2D eigenvalue weighted by Crippen LogP contribution is -1.99. The molecule has 0 atom stereocenters. The number of aromatic amines is 1. The lowest BCUT2D eigenvalue weighted by molar-refractivity contribution is 0.0687. The zero-order valence-electron chi connectivity index (χ0n) is 11.7. The molecule has 2 N–H and O–H groups in total. The summed E-state index contributed by atoms with van der Waals surface area (Å²) in [6.07, 6.45) is 3.36. The maximum atomic E-state index is 10.9. The van der Waals surface area contributed by atoms with Crippen LogP contribution in [0.2, 0.25) is 0 Å². The highest BCUT2D eigenvalue weighted by atomic mass is 16.5. The zero-order valence-corrected chi connectivity index (χ0v) is 11.7. The number of pyridine rings is 1. The van der Waals surface area contributed by atoms with Crippen LogP contribution >= 0.6 is 0 Å². The predicted molar refractivity (Wildman–Crippen MR) is 80.1 cm³/mol. The largest absolute Gasteiger partial charge is 0.476 e. The Morgan fingerprint density at radius 3 is 2.35 bits per heavy atom. The van der Waals surface area contributed by atoms with E-state index in [-0.39, 0.29) is 11.6 Å². The lowest BCUT2D eigenvalue weighted by atomic mass is 10.2. The second-order valence-electron chi connectivity index (χ2n) is 4.41. The van der Waals surface area contributed by atoms with E-state index >= 15 is 0 Å². The SMILES string of the molecule is O=C(O)c1[nH]nnc1Oc1ccc(C#Cc2ccncc2)cc1. The number of nitrogens with zero attached hydrogens (tertiary/aromatic N) is 3. The molecular weight excluding hydrogens is 296 g/mol. The zero-order chi connectivity index (χ0) is 16.1. The van der Waals surface area contributed by atoms with Crippen LogP contribution in [0.1, 0.15) is 21.6 Å². The standard InChI is InChI=1S/C16H10N4O3/c21-16(22)14-15(19-20-18-14)23-13-5-3-11(4-6-13)1-2-12-7-9-17-10-8-12/h3-10H,(H,21,22)(H,18,19,20). The van der Waals surface area contributed by atoms with Gasteiger partial charge in [0, 0.05) is 23.5 Å². The number of carboxylic acids is 1. The van der Waals surface area contributed by atoms with Crippen molar-refractivity contribution in [1.29, 1.82) is 0 Å². The van der Waals surface area contributed by atoms with Crippen molar-refractivity contribution in [3.63, 3.8) is 0 Å². The van der Waals surface area contributed by atoms with Gasteiger partial charge in [0.15, 0.2) is 0 Å². The number of H-pyrrole nitrogens is 1. The number of ether oxygens (including phenoxy) is 1. The minimum atomic E-state index is -1.19. The second kappa shape index (κ2) is 6.41. The number of aromatic carboxylic acids is 1. The van der Waals surface area contributed by atoms with E-state index in [1.807, 2.05) is 12.1 Å². The third-order valence-corrected chi connectivity index (χ3v) is 2.83. The fraction of sp³-hybridized carbons (Fsp3) is 0. The minimum Gasteiger partial charge on any atom is -0.476 e. The van der Waals surface area contributed by atoms with E-state index in [4.69, 9.17) is 9.84 Å². The molecule has 0 radical (unpaired) electrons. The number of hydrogen-bond donors (Lipinski definition) is 2. The Morgan fingerprint density at radius 1 is 1.04 bits per heavy atom. The summed E-state index contributed by atoms with van der Waals surface area (Å²) in [5, 5.41) is 18.2. The molecular formula is C16H10N4O3. The summed E-state index contributed by atoms with van der Waals surface area (Å²) in [7, 11) is 0. The summed E-state index contributed by atoms with van der Waals surface area (Å²) >= 11 is 0. The van der Waals surface area contributed by atoms with Crippen LogP contribution in [0.25, 0.3) is 0 Å². The van der Waals surface area contributed by atoms with Crippen molar-refractivity contribution in [1.82, 2.24) is 20.4 Å². The Hall–Kier alpha value is -3.66. The maximum Gasteiger partial charge on any atom is 0.359 e. The molecule has 0 saturated carbocycles.